The first-order valence-corrected chi connectivity index (χ1v) is 10.7. The van der Waals surface area contributed by atoms with Gasteiger partial charge in [0.15, 0.2) is 0 Å². The molecule has 0 spiro atoms. The van der Waals surface area contributed by atoms with E-state index in [1.807, 2.05) is 6.07 Å². The van der Waals surface area contributed by atoms with E-state index in [0.717, 1.165) is 18.9 Å². The third-order valence-electron chi connectivity index (χ3n) is 3.99. The highest BCUT2D eigenvalue weighted by Gasteiger charge is 2.13. The molecule has 0 unspecified atom stereocenters. The number of aromatic nitrogens is 2. The van der Waals surface area contributed by atoms with Crippen LogP contribution in [0.1, 0.15) is 5.56 Å². The Labute approximate surface area is 164 Å². The maximum atomic E-state index is 12.2. The first kappa shape index (κ1) is 19.8. The third kappa shape index (κ3) is 6.31. The molecule has 0 atom stereocenters. The number of sulfonamides is 1. The normalized spacial score (nSPS) is 14.9. The average Bonchev–Trinajstić information content (AvgIpc) is 2.66. The molecule has 1 fully saturated rings. The zero-order chi connectivity index (χ0) is 19.1. The number of rotatable bonds is 8. The number of benzene rings is 1. The van der Waals surface area contributed by atoms with E-state index >= 15 is 0 Å². The summed E-state index contributed by atoms with van der Waals surface area (Å²) in [6.07, 6.45) is 1.50. The maximum Gasteiger partial charge on any atom is 0.215 e. The van der Waals surface area contributed by atoms with Gasteiger partial charge >= 0.3 is 0 Å². The highest BCUT2D eigenvalue weighted by molar-refractivity contribution is 7.88. The summed E-state index contributed by atoms with van der Waals surface area (Å²) < 4.78 is 32.2. The van der Waals surface area contributed by atoms with E-state index in [2.05, 4.69) is 24.9 Å². The summed E-state index contributed by atoms with van der Waals surface area (Å²) in [6, 6.07) is 8.67. The second kappa shape index (κ2) is 9.32. The van der Waals surface area contributed by atoms with E-state index < -0.39 is 10.0 Å². The molecule has 3 rings (SSSR count). The molecule has 2 heterocycles. The Morgan fingerprint density at radius 3 is 2.74 bits per heavy atom. The fraction of sp³-hybridized carbons (Fsp3) is 0.412. The largest absolute Gasteiger partial charge is 0.378 e. The Morgan fingerprint density at radius 2 is 1.96 bits per heavy atom. The van der Waals surface area contributed by atoms with Gasteiger partial charge < -0.3 is 15.0 Å². The fourth-order valence-corrected chi connectivity index (χ4v) is 4.05. The van der Waals surface area contributed by atoms with Gasteiger partial charge in [0, 0.05) is 37.3 Å². The van der Waals surface area contributed by atoms with E-state index in [1.165, 1.54) is 6.33 Å². The molecular formula is C17H22ClN5O3S. The van der Waals surface area contributed by atoms with Gasteiger partial charge in [-0.3, -0.25) is 0 Å². The van der Waals surface area contributed by atoms with Crippen LogP contribution in [0.2, 0.25) is 5.02 Å². The van der Waals surface area contributed by atoms with Crippen molar-refractivity contribution in [1.82, 2.24) is 14.7 Å². The molecule has 27 heavy (non-hydrogen) atoms. The standard InChI is InChI=1S/C17H22ClN5O3S/c18-15-3-1-2-14(10-15)12-27(24,25)22-5-4-19-16-11-17(21-13-20-16)23-6-8-26-9-7-23/h1-3,10-11,13,22H,4-9,12H2,(H,19,20,21). The number of ether oxygens (including phenoxy) is 1. The van der Waals surface area contributed by atoms with Gasteiger partial charge in [-0.2, -0.15) is 0 Å². The van der Waals surface area contributed by atoms with Gasteiger partial charge in [0.25, 0.3) is 0 Å². The number of hydrogen-bond donors (Lipinski definition) is 2. The molecule has 0 radical (unpaired) electrons. The van der Waals surface area contributed by atoms with Crippen LogP contribution in [0.15, 0.2) is 36.7 Å². The van der Waals surface area contributed by atoms with E-state index in [9.17, 15) is 8.42 Å². The molecule has 146 valence electrons. The van der Waals surface area contributed by atoms with Crippen molar-refractivity contribution >= 4 is 33.3 Å². The quantitative estimate of drug-likeness (QED) is 0.635. The lowest BCUT2D eigenvalue weighted by molar-refractivity contribution is 0.122. The number of morpholine rings is 1. The lowest BCUT2D eigenvalue weighted by Crippen LogP contribution is -2.36. The van der Waals surface area contributed by atoms with E-state index in [1.54, 1.807) is 24.3 Å². The number of hydrogen-bond acceptors (Lipinski definition) is 7. The highest BCUT2D eigenvalue weighted by Crippen LogP contribution is 2.15. The highest BCUT2D eigenvalue weighted by atomic mass is 35.5. The van der Waals surface area contributed by atoms with Crippen molar-refractivity contribution in [2.24, 2.45) is 0 Å². The topological polar surface area (TPSA) is 96.5 Å². The predicted molar refractivity (Wildman–Crippen MR) is 106 cm³/mol. The Bertz CT molecular complexity index is 859. The molecule has 1 aromatic carbocycles. The van der Waals surface area contributed by atoms with Crippen LogP contribution >= 0.6 is 11.6 Å². The van der Waals surface area contributed by atoms with Crippen molar-refractivity contribution in [3.63, 3.8) is 0 Å². The van der Waals surface area contributed by atoms with Crippen molar-refractivity contribution in [2.75, 3.05) is 49.6 Å². The minimum Gasteiger partial charge on any atom is -0.378 e. The number of nitrogens with zero attached hydrogens (tertiary/aromatic N) is 3. The summed E-state index contributed by atoms with van der Waals surface area (Å²) in [4.78, 5) is 10.6. The van der Waals surface area contributed by atoms with Crippen LogP contribution in [0.5, 0.6) is 0 Å². The summed E-state index contributed by atoms with van der Waals surface area (Å²) in [5.74, 6) is 1.38. The molecule has 10 heteroatoms. The van der Waals surface area contributed by atoms with Crippen LogP contribution in [0.4, 0.5) is 11.6 Å². The van der Waals surface area contributed by atoms with Crippen LogP contribution in [-0.4, -0.2) is 57.8 Å². The van der Waals surface area contributed by atoms with Crippen LogP contribution in [0.3, 0.4) is 0 Å². The number of nitrogens with one attached hydrogen (secondary N) is 2. The second-order valence-electron chi connectivity index (χ2n) is 6.07. The summed E-state index contributed by atoms with van der Waals surface area (Å²) in [6.45, 7) is 3.61. The Kier molecular flexibility index (Phi) is 6.84. The lowest BCUT2D eigenvalue weighted by atomic mass is 10.2. The molecule has 1 saturated heterocycles. The molecule has 2 N–H and O–H groups in total. The summed E-state index contributed by atoms with van der Waals surface area (Å²) in [7, 11) is -3.43. The Balaban J connectivity index is 1.47. The number of anilines is 2. The van der Waals surface area contributed by atoms with E-state index in [0.29, 0.717) is 36.2 Å². The van der Waals surface area contributed by atoms with Crippen molar-refractivity contribution < 1.29 is 13.2 Å². The smallest absolute Gasteiger partial charge is 0.215 e. The zero-order valence-electron chi connectivity index (χ0n) is 14.8. The van der Waals surface area contributed by atoms with Crippen LogP contribution in [-0.2, 0) is 20.5 Å². The SMILES string of the molecule is O=S(=O)(Cc1cccc(Cl)c1)NCCNc1cc(N2CCOCC2)ncn1. The van der Waals surface area contributed by atoms with Crippen molar-refractivity contribution in [3.05, 3.63) is 47.2 Å². The molecule has 1 aromatic heterocycles. The minimum absolute atomic E-state index is 0.109. The van der Waals surface area contributed by atoms with E-state index in [4.69, 9.17) is 16.3 Å². The third-order valence-corrected chi connectivity index (χ3v) is 5.58. The zero-order valence-corrected chi connectivity index (χ0v) is 16.3. The summed E-state index contributed by atoms with van der Waals surface area (Å²) in [5, 5.41) is 3.63. The lowest BCUT2D eigenvalue weighted by Gasteiger charge is -2.27. The van der Waals surface area contributed by atoms with Gasteiger partial charge in [0.2, 0.25) is 10.0 Å². The van der Waals surface area contributed by atoms with Crippen LogP contribution < -0.4 is 14.9 Å². The minimum atomic E-state index is -3.43. The maximum absolute atomic E-state index is 12.2. The predicted octanol–water partition coefficient (Wildman–Crippen LogP) is 1.50. The van der Waals surface area contributed by atoms with Gasteiger partial charge in [-0.1, -0.05) is 23.7 Å². The van der Waals surface area contributed by atoms with Crippen LogP contribution in [0, 0.1) is 0 Å². The first-order valence-electron chi connectivity index (χ1n) is 8.62. The number of halogens is 1. The molecule has 1 aliphatic rings. The second-order valence-corrected chi connectivity index (χ2v) is 8.31. The molecule has 8 nitrogen and oxygen atoms in total. The van der Waals surface area contributed by atoms with Gasteiger partial charge in [-0.05, 0) is 17.7 Å². The molecule has 0 saturated carbocycles. The van der Waals surface area contributed by atoms with E-state index in [-0.39, 0.29) is 12.3 Å². The Morgan fingerprint density at radius 1 is 1.15 bits per heavy atom. The first-order chi connectivity index (χ1) is 13.0. The molecule has 0 aliphatic carbocycles. The van der Waals surface area contributed by atoms with Gasteiger partial charge in [-0.25, -0.2) is 23.1 Å². The molecular weight excluding hydrogens is 390 g/mol. The fourth-order valence-electron chi connectivity index (χ4n) is 2.70. The summed E-state index contributed by atoms with van der Waals surface area (Å²) in [5.41, 5.74) is 0.647. The molecule has 0 amide bonds. The van der Waals surface area contributed by atoms with Crippen molar-refractivity contribution in [3.8, 4) is 0 Å². The molecule has 1 aliphatic heterocycles. The summed E-state index contributed by atoms with van der Waals surface area (Å²) >= 11 is 5.89. The van der Waals surface area contributed by atoms with Crippen molar-refractivity contribution in [2.45, 2.75) is 5.75 Å². The molecule has 0 bridgehead atoms. The monoisotopic (exact) mass is 411 g/mol. The van der Waals surface area contributed by atoms with Gasteiger partial charge in [-0.15, -0.1) is 0 Å². The van der Waals surface area contributed by atoms with Crippen LogP contribution in [0.25, 0.3) is 0 Å². The van der Waals surface area contributed by atoms with Gasteiger partial charge in [0.05, 0.1) is 19.0 Å². The molecule has 2 aromatic rings. The van der Waals surface area contributed by atoms with Gasteiger partial charge in [0.1, 0.15) is 18.0 Å². The van der Waals surface area contributed by atoms with Crippen molar-refractivity contribution in [1.29, 1.82) is 0 Å². The Hall–Kier alpha value is -1.94. The average molecular weight is 412 g/mol.